The van der Waals surface area contributed by atoms with Gasteiger partial charge in [0.15, 0.2) is 0 Å². The number of aliphatic hydroxyl groups is 3. The molecule has 0 spiro atoms. The predicted molar refractivity (Wildman–Crippen MR) is 69.2 cm³/mol. The van der Waals surface area contributed by atoms with Crippen LogP contribution in [-0.4, -0.2) is 45.7 Å². The number of hydrogen-bond donors (Lipinski definition) is 3. The number of rotatable bonds is 3. The van der Waals surface area contributed by atoms with Crippen molar-refractivity contribution in [2.45, 2.75) is 35.6 Å². The van der Waals surface area contributed by atoms with Gasteiger partial charge in [-0.05, 0) is 12.1 Å². The molecule has 0 radical (unpaired) electrons. The Morgan fingerprint density at radius 1 is 1.17 bits per heavy atom. The highest BCUT2D eigenvalue weighted by Gasteiger charge is 2.42. The molecule has 5 atom stereocenters. The van der Waals surface area contributed by atoms with Gasteiger partial charge in [-0.25, -0.2) is 0 Å². The Balaban J connectivity index is 2.08. The average molecular weight is 270 g/mol. The molecule has 1 heterocycles. The Kier molecular flexibility index (Phi) is 4.64. The molecule has 1 aliphatic rings. The summed E-state index contributed by atoms with van der Waals surface area (Å²) in [6.07, 6.45) is -2.63. The molecular formula is C13H18O4S. The van der Waals surface area contributed by atoms with E-state index in [0.29, 0.717) is 0 Å². The maximum absolute atomic E-state index is 9.94. The third-order valence-electron chi connectivity index (χ3n) is 3.18. The Morgan fingerprint density at radius 2 is 1.83 bits per heavy atom. The van der Waals surface area contributed by atoms with Crippen molar-refractivity contribution < 1.29 is 20.1 Å². The summed E-state index contributed by atoms with van der Waals surface area (Å²) in [4.78, 5) is 1.04. The summed E-state index contributed by atoms with van der Waals surface area (Å²) in [6.45, 7) is 1.54. The predicted octanol–water partition coefficient (Wildman–Crippen LogP) is 0.854. The summed E-state index contributed by atoms with van der Waals surface area (Å²) in [5.41, 5.74) is -0.275. The van der Waals surface area contributed by atoms with Crippen LogP contribution in [0.15, 0.2) is 35.2 Å². The van der Waals surface area contributed by atoms with Crippen LogP contribution in [0.2, 0.25) is 0 Å². The van der Waals surface area contributed by atoms with E-state index >= 15 is 0 Å². The molecule has 0 aliphatic carbocycles. The molecular weight excluding hydrogens is 252 g/mol. The highest BCUT2D eigenvalue weighted by atomic mass is 32.2. The molecule has 5 heteroatoms. The quantitative estimate of drug-likeness (QED) is 0.760. The molecule has 1 aromatic rings. The lowest BCUT2D eigenvalue weighted by Gasteiger charge is -2.40. The van der Waals surface area contributed by atoms with E-state index in [1.54, 1.807) is 0 Å². The summed E-state index contributed by atoms with van der Waals surface area (Å²) in [6, 6.07) is 9.73. The molecule has 3 N–H and O–H groups in total. The lowest BCUT2D eigenvalue weighted by atomic mass is 9.94. The van der Waals surface area contributed by atoms with E-state index in [1.165, 1.54) is 11.8 Å². The molecule has 2 unspecified atom stereocenters. The number of benzene rings is 1. The van der Waals surface area contributed by atoms with Crippen molar-refractivity contribution in [3.63, 3.8) is 0 Å². The van der Waals surface area contributed by atoms with Crippen molar-refractivity contribution in [2.75, 3.05) is 6.61 Å². The first kappa shape index (κ1) is 13.8. The summed E-state index contributed by atoms with van der Waals surface area (Å²) in [5.74, 6) is -0.201. The summed E-state index contributed by atoms with van der Waals surface area (Å²) >= 11 is 1.49. The molecule has 1 aliphatic heterocycles. The molecule has 1 fully saturated rings. The molecule has 0 saturated carbocycles. The standard InChI is InChI=1S/C13H18O4S/c1-8-11(15)12(16)10(7-14)17-13(8)18-9-5-3-2-4-6-9/h2-6,8,10-16H,7H2,1H3/t8?,10?,11-,12-,13+/m1/s1. The second-order valence-electron chi connectivity index (χ2n) is 4.50. The summed E-state index contributed by atoms with van der Waals surface area (Å²) in [7, 11) is 0. The minimum Gasteiger partial charge on any atom is -0.394 e. The van der Waals surface area contributed by atoms with E-state index in [-0.39, 0.29) is 18.0 Å². The molecule has 4 nitrogen and oxygen atoms in total. The van der Waals surface area contributed by atoms with Gasteiger partial charge in [-0.3, -0.25) is 0 Å². The number of ether oxygens (including phenoxy) is 1. The third kappa shape index (κ3) is 2.87. The van der Waals surface area contributed by atoms with Crippen molar-refractivity contribution >= 4 is 11.8 Å². The molecule has 1 aromatic carbocycles. The van der Waals surface area contributed by atoms with E-state index in [0.717, 1.165) is 4.90 Å². The zero-order valence-corrected chi connectivity index (χ0v) is 11.0. The minimum absolute atomic E-state index is 0.201. The maximum Gasteiger partial charge on any atom is 0.113 e. The molecule has 1 saturated heterocycles. The van der Waals surface area contributed by atoms with Crippen molar-refractivity contribution in [3.8, 4) is 0 Å². The van der Waals surface area contributed by atoms with E-state index in [4.69, 9.17) is 9.84 Å². The number of hydrogen-bond acceptors (Lipinski definition) is 5. The second kappa shape index (κ2) is 6.04. The van der Waals surface area contributed by atoms with Gasteiger partial charge < -0.3 is 20.1 Å². The fraction of sp³-hybridized carbons (Fsp3) is 0.538. The van der Waals surface area contributed by atoms with Crippen molar-refractivity contribution in [1.29, 1.82) is 0 Å². The van der Waals surface area contributed by atoms with E-state index < -0.39 is 18.3 Å². The Morgan fingerprint density at radius 3 is 2.44 bits per heavy atom. The van der Waals surface area contributed by atoms with Crippen LogP contribution in [0.4, 0.5) is 0 Å². The van der Waals surface area contributed by atoms with E-state index in [9.17, 15) is 10.2 Å². The highest BCUT2D eigenvalue weighted by molar-refractivity contribution is 7.99. The Hall–Kier alpha value is -0.590. The normalized spacial score (nSPS) is 36.6. The smallest absolute Gasteiger partial charge is 0.113 e. The van der Waals surface area contributed by atoms with Gasteiger partial charge in [-0.2, -0.15) is 0 Å². The third-order valence-corrected chi connectivity index (χ3v) is 4.50. The topological polar surface area (TPSA) is 69.9 Å². The summed E-state index contributed by atoms with van der Waals surface area (Å²) < 4.78 is 5.64. The van der Waals surface area contributed by atoms with Gasteiger partial charge in [0.05, 0.1) is 12.7 Å². The van der Waals surface area contributed by atoms with Gasteiger partial charge in [-0.15, -0.1) is 0 Å². The van der Waals surface area contributed by atoms with Crippen LogP contribution in [0.25, 0.3) is 0 Å². The van der Waals surface area contributed by atoms with Crippen LogP contribution >= 0.6 is 11.8 Å². The number of aliphatic hydroxyl groups excluding tert-OH is 3. The van der Waals surface area contributed by atoms with Gasteiger partial charge in [-0.1, -0.05) is 36.9 Å². The summed E-state index contributed by atoms with van der Waals surface area (Å²) in [5, 5.41) is 28.8. The van der Waals surface area contributed by atoms with Gasteiger partial charge in [0.2, 0.25) is 0 Å². The van der Waals surface area contributed by atoms with Gasteiger partial charge in [0, 0.05) is 10.8 Å². The lowest BCUT2D eigenvalue weighted by Crippen LogP contribution is -2.53. The molecule has 0 amide bonds. The van der Waals surface area contributed by atoms with Crippen molar-refractivity contribution in [3.05, 3.63) is 30.3 Å². The van der Waals surface area contributed by atoms with Crippen LogP contribution in [0.1, 0.15) is 6.92 Å². The van der Waals surface area contributed by atoms with Crippen LogP contribution in [0, 0.1) is 5.92 Å². The zero-order chi connectivity index (χ0) is 13.1. The van der Waals surface area contributed by atoms with Gasteiger partial charge >= 0.3 is 0 Å². The molecule has 2 rings (SSSR count). The van der Waals surface area contributed by atoms with Gasteiger partial charge in [0.25, 0.3) is 0 Å². The van der Waals surface area contributed by atoms with Crippen LogP contribution < -0.4 is 0 Å². The molecule has 18 heavy (non-hydrogen) atoms. The molecule has 0 bridgehead atoms. The SMILES string of the molecule is CC1[C@@H](O)[C@H](O)C(CO)O[C@H]1Sc1ccccc1. The van der Waals surface area contributed by atoms with Crippen LogP contribution in [0.3, 0.4) is 0 Å². The van der Waals surface area contributed by atoms with E-state index in [1.807, 2.05) is 37.3 Å². The first-order valence-corrected chi connectivity index (χ1v) is 6.85. The largest absolute Gasteiger partial charge is 0.394 e. The second-order valence-corrected chi connectivity index (χ2v) is 5.67. The fourth-order valence-corrected chi connectivity index (χ4v) is 3.14. The first-order valence-electron chi connectivity index (χ1n) is 5.97. The Labute approximate surface area is 111 Å². The average Bonchev–Trinajstić information content (AvgIpc) is 2.40. The highest BCUT2D eigenvalue weighted by Crippen LogP contribution is 2.36. The van der Waals surface area contributed by atoms with Gasteiger partial charge in [0.1, 0.15) is 17.6 Å². The first-order chi connectivity index (χ1) is 8.63. The fourth-order valence-electron chi connectivity index (χ4n) is 1.99. The van der Waals surface area contributed by atoms with Crippen molar-refractivity contribution in [2.24, 2.45) is 5.92 Å². The zero-order valence-electron chi connectivity index (χ0n) is 10.1. The molecule has 100 valence electrons. The lowest BCUT2D eigenvalue weighted by molar-refractivity contribution is -0.181. The van der Waals surface area contributed by atoms with Crippen LogP contribution in [0.5, 0.6) is 0 Å². The van der Waals surface area contributed by atoms with E-state index in [2.05, 4.69) is 0 Å². The van der Waals surface area contributed by atoms with Crippen molar-refractivity contribution in [1.82, 2.24) is 0 Å². The minimum atomic E-state index is -1.03. The monoisotopic (exact) mass is 270 g/mol. The maximum atomic E-state index is 9.94. The molecule has 0 aromatic heterocycles. The van der Waals surface area contributed by atoms with Crippen LogP contribution in [-0.2, 0) is 4.74 Å². The Bertz CT molecular complexity index is 371. The number of thioether (sulfide) groups is 1.